The summed E-state index contributed by atoms with van der Waals surface area (Å²) in [6.45, 7) is 0. The van der Waals surface area contributed by atoms with Gasteiger partial charge in [-0.1, -0.05) is 28.1 Å². The van der Waals surface area contributed by atoms with Crippen LogP contribution in [0.5, 0.6) is 0 Å². The number of halogens is 2. The summed E-state index contributed by atoms with van der Waals surface area (Å²) in [6, 6.07) is 5.60. The molecule has 0 heterocycles. The van der Waals surface area contributed by atoms with Gasteiger partial charge in [0.05, 0.1) is 4.90 Å². The maximum Gasteiger partial charge on any atom is 0.332 e. The first-order valence-corrected chi connectivity index (χ1v) is 5.64. The minimum Gasteiger partial charge on any atom is -0.189 e. The molecule has 0 spiro atoms. The lowest BCUT2D eigenvalue weighted by atomic mass is 10.2. The summed E-state index contributed by atoms with van der Waals surface area (Å²) < 4.78 is 33.0. The molecule has 0 atom stereocenters. The largest absolute Gasteiger partial charge is 0.332 e. The van der Waals surface area contributed by atoms with Crippen molar-refractivity contribution in [3.63, 3.8) is 0 Å². The summed E-state index contributed by atoms with van der Waals surface area (Å²) in [5.74, 6) is 0. The molecule has 2 nitrogen and oxygen atoms in total. The van der Waals surface area contributed by atoms with Crippen LogP contribution in [0.15, 0.2) is 29.2 Å². The van der Waals surface area contributed by atoms with Crippen LogP contribution in [0.2, 0.25) is 0 Å². The van der Waals surface area contributed by atoms with Crippen LogP contribution in [0.4, 0.5) is 3.89 Å². The predicted octanol–water partition coefficient (Wildman–Crippen LogP) is 2.24. The summed E-state index contributed by atoms with van der Waals surface area (Å²) in [5, 5.41) is 0.625. The molecule has 0 saturated heterocycles. The van der Waals surface area contributed by atoms with Crippen molar-refractivity contribution in [2.24, 2.45) is 0 Å². The fourth-order valence-corrected chi connectivity index (χ4v) is 1.58. The van der Waals surface area contributed by atoms with Gasteiger partial charge in [0, 0.05) is 5.33 Å². The van der Waals surface area contributed by atoms with E-state index < -0.39 is 10.2 Å². The fourth-order valence-electron chi connectivity index (χ4n) is 0.741. The molecule has 0 radical (unpaired) electrons. The third-order valence-corrected chi connectivity index (χ3v) is 2.84. The van der Waals surface area contributed by atoms with Crippen molar-refractivity contribution in [1.82, 2.24) is 0 Å². The zero-order chi connectivity index (χ0) is 9.19. The Kier molecular flexibility index (Phi) is 2.85. The Bertz CT molecular complexity index is 357. The van der Waals surface area contributed by atoms with Gasteiger partial charge < -0.3 is 0 Å². The van der Waals surface area contributed by atoms with Gasteiger partial charge in [-0.15, -0.1) is 3.89 Å². The highest BCUT2D eigenvalue weighted by atomic mass is 79.9. The Morgan fingerprint density at radius 3 is 2.08 bits per heavy atom. The molecule has 1 rings (SSSR count). The summed E-state index contributed by atoms with van der Waals surface area (Å²) in [4.78, 5) is -0.299. The van der Waals surface area contributed by atoms with Gasteiger partial charge in [-0.3, -0.25) is 0 Å². The highest BCUT2D eigenvalue weighted by Crippen LogP contribution is 2.14. The Balaban J connectivity index is 3.09. The molecule has 0 saturated carbocycles. The molecule has 5 heteroatoms. The SMILES string of the molecule is O=S(=O)(F)c1ccc(CBr)cc1. The number of hydrogen-bond donors (Lipinski definition) is 0. The van der Waals surface area contributed by atoms with Gasteiger partial charge in [0.25, 0.3) is 0 Å². The van der Waals surface area contributed by atoms with E-state index in [1.54, 1.807) is 12.1 Å². The number of benzene rings is 1. The Hall–Kier alpha value is -0.420. The molecule has 12 heavy (non-hydrogen) atoms. The van der Waals surface area contributed by atoms with Crippen molar-refractivity contribution in [3.05, 3.63) is 29.8 Å². The van der Waals surface area contributed by atoms with Crippen molar-refractivity contribution in [2.45, 2.75) is 10.2 Å². The minimum absolute atomic E-state index is 0.299. The van der Waals surface area contributed by atoms with Crippen LogP contribution in [0.1, 0.15) is 5.56 Å². The molecule has 1 aromatic rings. The lowest BCUT2D eigenvalue weighted by Crippen LogP contribution is -1.91. The Morgan fingerprint density at radius 2 is 1.75 bits per heavy atom. The smallest absolute Gasteiger partial charge is 0.189 e. The zero-order valence-corrected chi connectivity index (χ0v) is 8.40. The average Bonchev–Trinajstić information content (AvgIpc) is 2.03. The molecule has 0 aliphatic heterocycles. The lowest BCUT2D eigenvalue weighted by molar-refractivity contribution is 0.552. The van der Waals surface area contributed by atoms with E-state index in [1.807, 2.05) is 0 Å². The molecule has 0 aliphatic carbocycles. The van der Waals surface area contributed by atoms with Crippen LogP contribution >= 0.6 is 15.9 Å². The fraction of sp³-hybridized carbons (Fsp3) is 0.143. The predicted molar refractivity (Wildman–Crippen MR) is 47.4 cm³/mol. The topological polar surface area (TPSA) is 34.1 Å². The van der Waals surface area contributed by atoms with Gasteiger partial charge in [-0.25, -0.2) is 0 Å². The van der Waals surface area contributed by atoms with E-state index in [2.05, 4.69) is 15.9 Å². The van der Waals surface area contributed by atoms with Gasteiger partial charge in [0.2, 0.25) is 0 Å². The molecular weight excluding hydrogens is 247 g/mol. The number of hydrogen-bond acceptors (Lipinski definition) is 2. The van der Waals surface area contributed by atoms with Crippen molar-refractivity contribution in [1.29, 1.82) is 0 Å². The van der Waals surface area contributed by atoms with Gasteiger partial charge in [0.15, 0.2) is 0 Å². The van der Waals surface area contributed by atoms with Crippen LogP contribution < -0.4 is 0 Å². The first-order chi connectivity index (χ1) is 5.54. The van der Waals surface area contributed by atoms with Crippen molar-refractivity contribution in [3.8, 4) is 0 Å². The van der Waals surface area contributed by atoms with Crippen LogP contribution in [0, 0.1) is 0 Å². The van der Waals surface area contributed by atoms with Crippen LogP contribution in [0.25, 0.3) is 0 Å². The van der Waals surface area contributed by atoms with E-state index in [9.17, 15) is 12.3 Å². The second-order valence-electron chi connectivity index (χ2n) is 2.22. The normalized spacial score (nSPS) is 11.5. The average molecular weight is 253 g/mol. The molecule has 0 N–H and O–H groups in total. The van der Waals surface area contributed by atoms with E-state index in [4.69, 9.17) is 0 Å². The molecule has 0 fully saturated rings. The third kappa shape index (κ3) is 2.28. The minimum atomic E-state index is -4.54. The van der Waals surface area contributed by atoms with Gasteiger partial charge in [-0.05, 0) is 17.7 Å². The van der Waals surface area contributed by atoms with Crippen LogP contribution in [-0.4, -0.2) is 8.42 Å². The lowest BCUT2D eigenvalue weighted by Gasteiger charge is -1.96. The van der Waals surface area contributed by atoms with E-state index >= 15 is 0 Å². The van der Waals surface area contributed by atoms with Crippen molar-refractivity contribution >= 4 is 26.2 Å². The molecule has 0 unspecified atom stereocenters. The molecule has 66 valence electrons. The van der Waals surface area contributed by atoms with Gasteiger partial charge in [0.1, 0.15) is 0 Å². The first-order valence-electron chi connectivity index (χ1n) is 3.13. The second-order valence-corrected chi connectivity index (χ2v) is 4.12. The standard InChI is InChI=1S/C7H6BrFO2S/c8-5-6-1-3-7(4-2-6)12(9,10)11/h1-4H,5H2. The third-order valence-electron chi connectivity index (χ3n) is 1.36. The number of alkyl halides is 1. The van der Waals surface area contributed by atoms with E-state index in [0.717, 1.165) is 5.56 Å². The molecule has 0 aliphatic rings. The molecular formula is C7H6BrFO2S. The van der Waals surface area contributed by atoms with E-state index in [0.29, 0.717) is 5.33 Å². The highest BCUT2D eigenvalue weighted by Gasteiger charge is 2.10. The molecule has 1 aromatic carbocycles. The molecule has 0 bridgehead atoms. The maximum absolute atomic E-state index is 12.3. The number of rotatable bonds is 2. The zero-order valence-electron chi connectivity index (χ0n) is 6.00. The summed E-state index contributed by atoms with van der Waals surface area (Å²) >= 11 is 3.19. The Labute approximate surface area is 78.8 Å². The first kappa shape index (κ1) is 9.67. The van der Waals surface area contributed by atoms with Crippen molar-refractivity contribution in [2.75, 3.05) is 0 Å². The van der Waals surface area contributed by atoms with Crippen LogP contribution in [-0.2, 0) is 15.6 Å². The molecule has 0 aromatic heterocycles. The Morgan fingerprint density at radius 1 is 1.25 bits per heavy atom. The van der Waals surface area contributed by atoms with E-state index in [1.165, 1.54) is 12.1 Å². The summed E-state index contributed by atoms with van der Waals surface area (Å²) in [5.41, 5.74) is 0.905. The summed E-state index contributed by atoms with van der Waals surface area (Å²) in [6.07, 6.45) is 0. The monoisotopic (exact) mass is 252 g/mol. The molecule has 0 amide bonds. The maximum atomic E-state index is 12.3. The quantitative estimate of drug-likeness (QED) is 0.598. The van der Waals surface area contributed by atoms with Crippen LogP contribution in [0.3, 0.4) is 0 Å². The van der Waals surface area contributed by atoms with Gasteiger partial charge in [-0.2, -0.15) is 8.42 Å². The van der Waals surface area contributed by atoms with Gasteiger partial charge >= 0.3 is 10.2 Å². The highest BCUT2D eigenvalue weighted by molar-refractivity contribution is 9.08. The van der Waals surface area contributed by atoms with Crippen molar-refractivity contribution < 1.29 is 12.3 Å². The van der Waals surface area contributed by atoms with E-state index in [-0.39, 0.29) is 4.90 Å². The second kappa shape index (κ2) is 3.53. The summed E-state index contributed by atoms with van der Waals surface area (Å²) in [7, 11) is -4.54.